The standard InChI is InChI=1S/C28H39N7O2/c1-7-34(13-14-36-5)24-12-11-21(15-20(24)2)32-27-30-17-23-26(33-27)35(18-28(23,3)19-37-6)25-10-8-9-22(31-25)16-29-4/h8-12,15,17,29H,7,13-14,16,18-19H2,1-6H3,(H,30,32,33)/t28-/m1/s1. The lowest BCUT2D eigenvalue weighted by Crippen LogP contribution is -2.33. The molecule has 0 aliphatic carbocycles. The van der Waals surface area contributed by atoms with Crippen LogP contribution < -0.4 is 20.4 Å². The Hall–Kier alpha value is -3.27. The van der Waals surface area contributed by atoms with Gasteiger partial charge in [-0.05, 0) is 56.8 Å². The summed E-state index contributed by atoms with van der Waals surface area (Å²) in [5.41, 5.74) is 5.13. The van der Waals surface area contributed by atoms with Crippen LogP contribution in [0, 0.1) is 6.92 Å². The van der Waals surface area contributed by atoms with E-state index >= 15 is 0 Å². The number of hydrogen-bond donors (Lipinski definition) is 2. The Morgan fingerprint density at radius 3 is 2.68 bits per heavy atom. The van der Waals surface area contributed by atoms with Gasteiger partial charge in [-0.2, -0.15) is 4.98 Å². The van der Waals surface area contributed by atoms with Crippen LogP contribution in [-0.4, -0.2) is 69.1 Å². The molecule has 9 nitrogen and oxygen atoms in total. The zero-order chi connectivity index (χ0) is 26.4. The lowest BCUT2D eigenvalue weighted by atomic mass is 9.87. The Morgan fingerprint density at radius 1 is 1.14 bits per heavy atom. The molecule has 0 fully saturated rings. The van der Waals surface area contributed by atoms with Crippen LogP contribution in [0.15, 0.2) is 42.6 Å². The van der Waals surface area contributed by atoms with Crippen LogP contribution in [0.5, 0.6) is 0 Å². The first-order valence-electron chi connectivity index (χ1n) is 12.8. The molecule has 1 aliphatic heterocycles. The number of benzene rings is 1. The number of likely N-dealkylation sites (N-methyl/N-ethyl adjacent to an activating group) is 1. The minimum Gasteiger partial charge on any atom is -0.384 e. The SMILES string of the molecule is CCN(CCOC)c1ccc(Nc2ncc3c(n2)N(c2cccc(CNC)n2)C[C@]3(C)COC)cc1C. The molecule has 2 aromatic heterocycles. The van der Waals surface area contributed by atoms with Gasteiger partial charge in [-0.3, -0.25) is 0 Å². The summed E-state index contributed by atoms with van der Waals surface area (Å²) < 4.78 is 10.9. The summed E-state index contributed by atoms with van der Waals surface area (Å²) in [6.07, 6.45) is 1.92. The number of anilines is 5. The van der Waals surface area contributed by atoms with Crippen molar-refractivity contribution in [1.29, 1.82) is 0 Å². The number of aromatic nitrogens is 3. The third-order valence-electron chi connectivity index (χ3n) is 6.81. The van der Waals surface area contributed by atoms with E-state index in [1.54, 1.807) is 14.2 Å². The van der Waals surface area contributed by atoms with Crippen molar-refractivity contribution in [2.75, 3.05) is 69.2 Å². The van der Waals surface area contributed by atoms with Crippen molar-refractivity contribution >= 4 is 29.0 Å². The molecule has 0 unspecified atom stereocenters. The number of methoxy groups -OCH3 is 2. The molecule has 0 bridgehead atoms. The first kappa shape index (κ1) is 26.8. The molecule has 1 atom stereocenters. The highest BCUT2D eigenvalue weighted by Gasteiger charge is 2.42. The molecule has 3 heterocycles. The van der Waals surface area contributed by atoms with E-state index in [0.717, 1.165) is 41.7 Å². The van der Waals surface area contributed by atoms with Crippen LogP contribution in [0.1, 0.15) is 30.7 Å². The summed E-state index contributed by atoms with van der Waals surface area (Å²) in [6.45, 7) is 10.9. The second-order valence-corrected chi connectivity index (χ2v) is 9.73. The van der Waals surface area contributed by atoms with Crippen molar-refractivity contribution in [3.63, 3.8) is 0 Å². The van der Waals surface area contributed by atoms with Crippen molar-refractivity contribution in [3.8, 4) is 0 Å². The van der Waals surface area contributed by atoms with E-state index in [2.05, 4.69) is 64.4 Å². The van der Waals surface area contributed by atoms with Crippen molar-refractivity contribution < 1.29 is 9.47 Å². The molecule has 9 heteroatoms. The average Bonchev–Trinajstić information content (AvgIpc) is 3.18. The predicted octanol–water partition coefficient (Wildman–Crippen LogP) is 4.17. The Bertz CT molecular complexity index is 1200. The van der Waals surface area contributed by atoms with E-state index in [1.807, 2.05) is 31.4 Å². The maximum atomic E-state index is 5.60. The minimum atomic E-state index is -0.243. The number of hydrogen-bond acceptors (Lipinski definition) is 9. The molecular formula is C28H39N7O2. The quantitative estimate of drug-likeness (QED) is 0.376. The lowest BCUT2D eigenvalue weighted by molar-refractivity contribution is 0.145. The lowest BCUT2D eigenvalue weighted by Gasteiger charge is -2.25. The fraction of sp³-hybridized carbons (Fsp3) is 0.464. The Balaban J connectivity index is 1.63. The normalized spacial score (nSPS) is 16.6. The maximum Gasteiger partial charge on any atom is 0.229 e. The summed E-state index contributed by atoms with van der Waals surface area (Å²) in [5, 5.41) is 6.59. The van der Waals surface area contributed by atoms with Gasteiger partial charge in [0, 0.05) is 68.9 Å². The molecule has 0 radical (unpaired) electrons. The molecule has 3 aromatic rings. The van der Waals surface area contributed by atoms with Gasteiger partial charge in [0.25, 0.3) is 0 Å². The van der Waals surface area contributed by atoms with Crippen molar-refractivity contribution in [2.24, 2.45) is 0 Å². The molecule has 37 heavy (non-hydrogen) atoms. The van der Waals surface area contributed by atoms with Crippen LogP contribution in [0.3, 0.4) is 0 Å². The molecule has 1 aromatic carbocycles. The van der Waals surface area contributed by atoms with Gasteiger partial charge < -0.3 is 29.9 Å². The third kappa shape index (κ3) is 5.84. The molecule has 0 saturated heterocycles. The van der Waals surface area contributed by atoms with Crippen LogP contribution in [0.25, 0.3) is 0 Å². The summed E-state index contributed by atoms with van der Waals surface area (Å²) in [4.78, 5) is 19.0. The zero-order valence-electron chi connectivity index (χ0n) is 22.8. The van der Waals surface area contributed by atoms with Crippen LogP contribution in [0.2, 0.25) is 0 Å². The van der Waals surface area contributed by atoms with E-state index in [9.17, 15) is 0 Å². The monoisotopic (exact) mass is 505 g/mol. The van der Waals surface area contributed by atoms with Crippen molar-refractivity contribution in [1.82, 2.24) is 20.3 Å². The molecule has 198 valence electrons. The van der Waals surface area contributed by atoms with Crippen LogP contribution in [-0.2, 0) is 21.4 Å². The second-order valence-electron chi connectivity index (χ2n) is 9.73. The minimum absolute atomic E-state index is 0.243. The highest BCUT2D eigenvalue weighted by atomic mass is 16.5. The fourth-order valence-electron chi connectivity index (χ4n) is 4.97. The molecule has 0 saturated carbocycles. The molecular weight excluding hydrogens is 466 g/mol. The molecule has 1 aliphatic rings. The number of nitrogens with zero attached hydrogens (tertiary/aromatic N) is 5. The molecule has 0 amide bonds. The van der Waals surface area contributed by atoms with E-state index in [-0.39, 0.29) is 5.41 Å². The number of rotatable bonds is 12. The highest BCUT2D eigenvalue weighted by Crippen LogP contribution is 2.43. The average molecular weight is 506 g/mol. The number of ether oxygens (including phenoxy) is 2. The van der Waals surface area contributed by atoms with Gasteiger partial charge in [-0.25, -0.2) is 9.97 Å². The van der Waals surface area contributed by atoms with E-state index < -0.39 is 0 Å². The summed E-state index contributed by atoms with van der Waals surface area (Å²) in [6, 6.07) is 12.4. The first-order chi connectivity index (χ1) is 17.9. The van der Waals surface area contributed by atoms with Crippen molar-refractivity contribution in [2.45, 2.75) is 32.7 Å². The Kier molecular flexibility index (Phi) is 8.58. The maximum absolute atomic E-state index is 5.60. The second kappa shape index (κ2) is 11.9. The summed E-state index contributed by atoms with van der Waals surface area (Å²) >= 11 is 0. The first-order valence-corrected chi connectivity index (χ1v) is 12.8. The number of pyridine rings is 1. The highest BCUT2D eigenvalue weighted by molar-refractivity contribution is 5.70. The summed E-state index contributed by atoms with van der Waals surface area (Å²) in [7, 11) is 5.39. The largest absolute Gasteiger partial charge is 0.384 e. The van der Waals surface area contributed by atoms with E-state index in [0.29, 0.717) is 32.3 Å². The van der Waals surface area contributed by atoms with E-state index in [4.69, 9.17) is 19.4 Å². The molecule has 2 N–H and O–H groups in total. The number of fused-ring (bicyclic) bond motifs is 1. The fourth-order valence-corrected chi connectivity index (χ4v) is 4.97. The summed E-state index contributed by atoms with van der Waals surface area (Å²) in [5.74, 6) is 2.28. The Morgan fingerprint density at radius 2 is 1.97 bits per heavy atom. The topological polar surface area (TPSA) is 87.7 Å². The number of nitrogens with one attached hydrogen (secondary N) is 2. The van der Waals surface area contributed by atoms with Gasteiger partial charge in [0.15, 0.2) is 0 Å². The van der Waals surface area contributed by atoms with Gasteiger partial charge in [0.2, 0.25) is 5.95 Å². The van der Waals surface area contributed by atoms with Crippen molar-refractivity contribution in [3.05, 3.63) is 59.4 Å². The van der Waals surface area contributed by atoms with Gasteiger partial charge >= 0.3 is 0 Å². The van der Waals surface area contributed by atoms with Gasteiger partial charge in [0.1, 0.15) is 11.6 Å². The van der Waals surface area contributed by atoms with Crippen LogP contribution >= 0.6 is 0 Å². The van der Waals surface area contributed by atoms with Gasteiger partial charge in [-0.15, -0.1) is 0 Å². The zero-order valence-corrected chi connectivity index (χ0v) is 22.8. The Labute approximate surface area is 220 Å². The van der Waals surface area contributed by atoms with Gasteiger partial charge in [-0.1, -0.05) is 13.0 Å². The number of aryl methyl sites for hydroxylation is 1. The van der Waals surface area contributed by atoms with Crippen LogP contribution in [0.4, 0.5) is 29.0 Å². The smallest absolute Gasteiger partial charge is 0.229 e. The molecule has 0 spiro atoms. The van der Waals surface area contributed by atoms with Gasteiger partial charge in [0.05, 0.1) is 18.9 Å². The van der Waals surface area contributed by atoms with E-state index in [1.165, 1.54) is 11.3 Å². The third-order valence-corrected chi connectivity index (χ3v) is 6.81. The predicted molar refractivity (Wildman–Crippen MR) is 149 cm³/mol. The molecule has 4 rings (SSSR count).